The number of nitrogen functional groups attached to an aromatic ring is 1. The molecule has 0 saturated carbocycles. The van der Waals surface area contributed by atoms with Crippen LogP contribution in [-0.4, -0.2) is 51.1 Å². The molecule has 1 aromatic rings. The molecule has 1 aliphatic rings. The van der Waals surface area contributed by atoms with Gasteiger partial charge in [0.1, 0.15) is 5.60 Å². The van der Waals surface area contributed by atoms with Gasteiger partial charge in [0, 0.05) is 18.2 Å². The first-order valence-corrected chi connectivity index (χ1v) is 17.5. The number of anilines is 1. The first-order valence-electron chi connectivity index (χ1n) is 11.7. The quantitative estimate of drug-likeness (QED) is 0.509. The fourth-order valence-corrected chi connectivity index (χ4v) is 5.79. The molecule has 2 heterocycles. The van der Waals surface area contributed by atoms with E-state index in [0.717, 1.165) is 5.56 Å². The van der Waals surface area contributed by atoms with Crippen molar-refractivity contribution in [3.63, 3.8) is 0 Å². The second kappa shape index (κ2) is 9.11. The Morgan fingerprint density at radius 3 is 2.19 bits per heavy atom. The lowest BCUT2D eigenvalue weighted by atomic mass is 9.83. The van der Waals surface area contributed by atoms with E-state index in [1.54, 1.807) is 12.4 Å². The Morgan fingerprint density at radius 2 is 1.69 bits per heavy atom. The standard InChI is InChI=1S/C24H46N2O4Si2/c1-17-24(27,16-28-31(8,9)22(2,3)4)21(30-32(10,11)23(5,6)7)14-20(29-17)18-12-13-26-15-19(18)25/h12-13,15,17,20-21,27H,14,16,25H2,1-11H3/t17-,20-,21-,24-/m1/s1. The molecule has 0 aliphatic carbocycles. The SMILES string of the molecule is C[C@H]1O[C@@H](c2ccncc2N)C[C@@H](O[Si](C)(C)C(C)(C)C)[C@@]1(O)CO[Si](C)(C)C(C)(C)C. The number of ether oxygens (including phenoxy) is 1. The number of aromatic nitrogens is 1. The zero-order chi connectivity index (χ0) is 24.8. The largest absolute Gasteiger partial charge is 0.414 e. The highest BCUT2D eigenvalue weighted by atomic mass is 28.4. The number of nitrogens with two attached hydrogens (primary N) is 1. The summed E-state index contributed by atoms with van der Waals surface area (Å²) in [5.41, 5.74) is 6.45. The van der Waals surface area contributed by atoms with Gasteiger partial charge in [-0.15, -0.1) is 0 Å². The van der Waals surface area contributed by atoms with Crippen molar-refractivity contribution >= 4 is 22.3 Å². The van der Waals surface area contributed by atoms with Crippen LogP contribution >= 0.6 is 0 Å². The Hall–Kier alpha value is -0.776. The van der Waals surface area contributed by atoms with Gasteiger partial charge in [0.05, 0.1) is 36.8 Å². The molecule has 0 amide bonds. The van der Waals surface area contributed by atoms with E-state index >= 15 is 0 Å². The van der Waals surface area contributed by atoms with Crippen LogP contribution in [0, 0.1) is 0 Å². The molecule has 6 nitrogen and oxygen atoms in total. The number of aliphatic hydroxyl groups is 1. The molecular weight excluding hydrogens is 436 g/mol. The molecular formula is C24H46N2O4Si2. The second-order valence-electron chi connectivity index (χ2n) is 12.4. The van der Waals surface area contributed by atoms with Crippen LogP contribution in [0.4, 0.5) is 5.69 Å². The van der Waals surface area contributed by atoms with E-state index in [4.69, 9.17) is 19.3 Å². The molecule has 0 aromatic carbocycles. The van der Waals surface area contributed by atoms with Crippen molar-refractivity contribution in [2.45, 2.75) is 115 Å². The van der Waals surface area contributed by atoms with Crippen LogP contribution in [0.1, 0.15) is 66.6 Å². The topological polar surface area (TPSA) is 86.8 Å². The van der Waals surface area contributed by atoms with Crippen molar-refractivity contribution in [2.24, 2.45) is 0 Å². The molecule has 0 bridgehead atoms. The molecule has 0 unspecified atom stereocenters. The second-order valence-corrected chi connectivity index (χ2v) is 22.0. The molecule has 4 atom stereocenters. The van der Waals surface area contributed by atoms with Crippen LogP contribution in [0.3, 0.4) is 0 Å². The minimum Gasteiger partial charge on any atom is -0.414 e. The summed E-state index contributed by atoms with van der Waals surface area (Å²) in [5, 5.41) is 12.1. The molecule has 1 aliphatic heterocycles. The Labute approximate surface area is 197 Å². The maximum Gasteiger partial charge on any atom is 0.192 e. The molecule has 32 heavy (non-hydrogen) atoms. The highest BCUT2D eigenvalue weighted by Gasteiger charge is 2.54. The van der Waals surface area contributed by atoms with E-state index in [0.29, 0.717) is 12.1 Å². The monoisotopic (exact) mass is 482 g/mol. The first-order chi connectivity index (χ1) is 14.3. The minimum atomic E-state index is -2.17. The third-order valence-corrected chi connectivity index (χ3v) is 17.0. The number of pyridine rings is 1. The van der Waals surface area contributed by atoms with E-state index in [2.05, 4.69) is 72.7 Å². The lowest BCUT2D eigenvalue weighted by Crippen LogP contribution is -2.64. The number of nitrogens with zero attached hydrogens (tertiary/aromatic N) is 1. The number of hydrogen-bond acceptors (Lipinski definition) is 6. The zero-order valence-corrected chi connectivity index (χ0v) is 24.1. The van der Waals surface area contributed by atoms with Gasteiger partial charge < -0.3 is 24.4 Å². The fourth-order valence-electron chi connectivity index (χ4n) is 3.40. The van der Waals surface area contributed by atoms with E-state index in [-0.39, 0.29) is 22.8 Å². The predicted molar refractivity (Wildman–Crippen MR) is 137 cm³/mol. The summed E-state index contributed by atoms with van der Waals surface area (Å²) in [6, 6.07) is 1.90. The Kier molecular flexibility index (Phi) is 7.82. The summed E-state index contributed by atoms with van der Waals surface area (Å²) in [4.78, 5) is 4.11. The van der Waals surface area contributed by atoms with E-state index in [1.165, 1.54) is 0 Å². The highest BCUT2D eigenvalue weighted by molar-refractivity contribution is 6.74. The summed E-state index contributed by atoms with van der Waals surface area (Å²) < 4.78 is 19.7. The van der Waals surface area contributed by atoms with Gasteiger partial charge in [-0.25, -0.2) is 0 Å². The zero-order valence-electron chi connectivity index (χ0n) is 22.1. The molecule has 184 valence electrons. The molecule has 0 spiro atoms. The Bertz CT molecular complexity index is 789. The third kappa shape index (κ3) is 5.64. The van der Waals surface area contributed by atoms with Crippen LogP contribution < -0.4 is 5.73 Å². The molecule has 1 aromatic heterocycles. The summed E-state index contributed by atoms with van der Waals surface area (Å²) >= 11 is 0. The van der Waals surface area contributed by atoms with Crippen molar-refractivity contribution in [3.05, 3.63) is 24.0 Å². The summed E-state index contributed by atoms with van der Waals surface area (Å²) in [5.74, 6) is 0. The van der Waals surface area contributed by atoms with Crippen molar-refractivity contribution in [2.75, 3.05) is 12.3 Å². The van der Waals surface area contributed by atoms with Gasteiger partial charge in [-0.3, -0.25) is 4.98 Å². The normalized spacial score (nSPS) is 28.1. The van der Waals surface area contributed by atoms with Gasteiger partial charge in [-0.1, -0.05) is 41.5 Å². The van der Waals surface area contributed by atoms with Gasteiger partial charge in [0.2, 0.25) is 0 Å². The minimum absolute atomic E-state index is 0.0148. The lowest BCUT2D eigenvalue weighted by Gasteiger charge is -2.52. The maximum absolute atomic E-state index is 12.0. The van der Waals surface area contributed by atoms with Crippen molar-refractivity contribution < 1.29 is 18.7 Å². The third-order valence-electron chi connectivity index (χ3n) is 8.01. The van der Waals surface area contributed by atoms with E-state index in [9.17, 15) is 5.11 Å². The fraction of sp³-hybridized carbons (Fsp3) is 0.792. The van der Waals surface area contributed by atoms with Crippen molar-refractivity contribution in [3.8, 4) is 0 Å². The van der Waals surface area contributed by atoms with Crippen molar-refractivity contribution in [1.29, 1.82) is 0 Å². The lowest BCUT2D eigenvalue weighted by molar-refractivity contribution is -0.230. The Morgan fingerprint density at radius 1 is 1.12 bits per heavy atom. The number of hydrogen-bond donors (Lipinski definition) is 2. The first kappa shape index (κ1) is 27.5. The van der Waals surface area contributed by atoms with Gasteiger partial charge in [0.15, 0.2) is 16.6 Å². The molecule has 0 radical (unpaired) electrons. The van der Waals surface area contributed by atoms with Crippen LogP contribution in [0.15, 0.2) is 18.5 Å². The van der Waals surface area contributed by atoms with Gasteiger partial charge >= 0.3 is 0 Å². The highest BCUT2D eigenvalue weighted by Crippen LogP contribution is 2.46. The Balaban J connectivity index is 2.41. The van der Waals surface area contributed by atoms with Crippen LogP contribution in [0.2, 0.25) is 36.3 Å². The van der Waals surface area contributed by atoms with E-state index in [1.807, 2.05) is 13.0 Å². The van der Waals surface area contributed by atoms with E-state index < -0.39 is 34.4 Å². The maximum atomic E-state index is 12.0. The van der Waals surface area contributed by atoms with Gasteiger partial charge in [0.25, 0.3) is 0 Å². The summed E-state index contributed by atoms with van der Waals surface area (Å²) in [7, 11) is -4.24. The van der Waals surface area contributed by atoms with Gasteiger partial charge in [-0.2, -0.15) is 0 Å². The smallest absolute Gasteiger partial charge is 0.192 e. The molecule has 1 saturated heterocycles. The molecule has 2 rings (SSSR count). The average molecular weight is 483 g/mol. The van der Waals surface area contributed by atoms with Crippen LogP contribution in [-0.2, 0) is 13.6 Å². The van der Waals surface area contributed by atoms with Gasteiger partial charge in [-0.05, 0) is 49.3 Å². The molecule has 1 fully saturated rings. The van der Waals surface area contributed by atoms with Crippen LogP contribution in [0.5, 0.6) is 0 Å². The van der Waals surface area contributed by atoms with Crippen LogP contribution in [0.25, 0.3) is 0 Å². The van der Waals surface area contributed by atoms with Crippen molar-refractivity contribution in [1.82, 2.24) is 4.98 Å². The molecule has 3 N–H and O–H groups in total. The summed E-state index contributed by atoms with van der Waals surface area (Å²) in [6.45, 7) is 24.2. The number of rotatable bonds is 6. The summed E-state index contributed by atoms with van der Waals surface area (Å²) in [6.07, 6.45) is 2.72. The predicted octanol–water partition coefficient (Wildman–Crippen LogP) is 5.66. The average Bonchev–Trinajstić information content (AvgIpc) is 2.62. The molecule has 8 heteroatoms.